The quantitative estimate of drug-likeness (QED) is 0.160. The van der Waals surface area contributed by atoms with E-state index in [4.69, 9.17) is 4.74 Å². The summed E-state index contributed by atoms with van der Waals surface area (Å²) in [6, 6.07) is 81.8. The van der Waals surface area contributed by atoms with Crippen LogP contribution in [0.15, 0.2) is 224 Å². The van der Waals surface area contributed by atoms with Crippen molar-refractivity contribution < 1.29 is 4.74 Å². The highest BCUT2D eigenvalue weighted by molar-refractivity contribution is 5.88. The van der Waals surface area contributed by atoms with Crippen LogP contribution in [0.3, 0.4) is 0 Å². The van der Waals surface area contributed by atoms with Crippen LogP contribution in [0.4, 0.5) is 17.1 Å². The maximum atomic E-state index is 6.41. The van der Waals surface area contributed by atoms with Crippen LogP contribution < -0.4 is 9.64 Å². The fourth-order valence-electron chi connectivity index (χ4n) is 9.92. The lowest BCUT2D eigenvalue weighted by Crippen LogP contribution is -2.28. The Bertz CT molecular complexity index is 2990. The molecule has 11 rings (SSSR count). The second kappa shape index (κ2) is 14.1. The number of ether oxygens (including phenoxy) is 1. The summed E-state index contributed by atoms with van der Waals surface area (Å²) in [4.78, 5) is 2.41. The summed E-state index contributed by atoms with van der Waals surface area (Å²) >= 11 is 0. The van der Waals surface area contributed by atoms with Gasteiger partial charge in [-0.05, 0) is 110 Å². The Hall–Kier alpha value is -7.42. The molecule has 9 aromatic rings. The highest BCUT2D eigenvalue weighted by Gasteiger charge is 2.46. The van der Waals surface area contributed by atoms with E-state index in [1.54, 1.807) is 0 Å². The van der Waals surface area contributed by atoms with Gasteiger partial charge in [0.15, 0.2) is 0 Å². The van der Waals surface area contributed by atoms with Gasteiger partial charge < -0.3 is 9.64 Å². The lowest BCUT2D eigenvalue weighted by molar-refractivity contribution is 0.418. The zero-order chi connectivity index (χ0) is 40.3. The summed E-state index contributed by atoms with van der Waals surface area (Å²) in [6.07, 6.45) is 0. The Balaban J connectivity index is 1.06. The molecule has 0 spiro atoms. The molecule has 0 aromatic heterocycles. The van der Waals surface area contributed by atoms with Crippen molar-refractivity contribution in [2.24, 2.45) is 0 Å². The van der Waals surface area contributed by atoms with Gasteiger partial charge in [0.2, 0.25) is 0 Å². The molecule has 60 heavy (non-hydrogen) atoms. The molecule has 286 valence electrons. The van der Waals surface area contributed by atoms with E-state index in [0.29, 0.717) is 0 Å². The highest BCUT2D eigenvalue weighted by Crippen LogP contribution is 2.57. The Kier molecular flexibility index (Phi) is 8.42. The molecule has 0 bridgehead atoms. The largest absolute Gasteiger partial charge is 0.457 e. The third kappa shape index (κ3) is 5.63. The van der Waals surface area contributed by atoms with E-state index in [2.05, 4.69) is 237 Å². The summed E-state index contributed by atoms with van der Waals surface area (Å²) in [6.45, 7) is 4.58. The van der Waals surface area contributed by atoms with Crippen molar-refractivity contribution in [3.05, 3.63) is 258 Å². The molecule has 0 amide bonds. The van der Waals surface area contributed by atoms with Crippen LogP contribution in [0.25, 0.3) is 33.4 Å². The minimum atomic E-state index is -0.504. The monoisotopic (exact) mass is 769 g/mol. The van der Waals surface area contributed by atoms with Gasteiger partial charge in [0, 0.05) is 33.6 Å². The molecule has 2 nitrogen and oxygen atoms in total. The van der Waals surface area contributed by atoms with E-state index in [1.807, 2.05) is 6.07 Å². The number of benzene rings is 9. The SMILES string of the molecule is CC1(C)c2ccccc2Oc2ccc(-c3ccc(N(c4cccc(-c5ccccc5)c4)c4cccc(C5(c6ccccc6)c6ccccc6-c6ccccc65)c4)cc3)cc21. The van der Waals surface area contributed by atoms with Gasteiger partial charge in [0.1, 0.15) is 11.5 Å². The minimum Gasteiger partial charge on any atom is -0.457 e. The summed E-state index contributed by atoms with van der Waals surface area (Å²) in [5, 5.41) is 0. The molecule has 1 aliphatic heterocycles. The van der Waals surface area contributed by atoms with Gasteiger partial charge in [-0.2, -0.15) is 0 Å². The number of fused-ring (bicyclic) bond motifs is 5. The standard InChI is InChI=1S/C58H43NO/c1-57(2)53-29-13-14-30-55(53)60-56-36-33-43(38-54(56)57)41-31-34-46(35-32-41)59(47-23-15-19-42(37-47)40-17-5-3-6-18-40)48-24-16-22-45(39-48)58(44-20-7-4-8-21-44)51-27-11-9-25-49(51)50-26-10-12-28-52(50)58/h3-39H,1-2H3. The lowest BCUT2D eigenvalue weighted by atomic mass is 9.67. The number of nitrogens with zero attached hydrogens (tertiary/aromatic N) is 1. The number of anilines is 3. The van der Waals surface area contributed by atoms with Crippen molar-refractivity contribution in [2.45, 2.75) is 24.7 Å². The van der Waals surface area contributed by atoms with Gasteiger partial charge in [0.05, 0.1) is 5.41 Å². The van der Waals surface area contributed by atoms with Crippen LogP contribution in [-0.4, -0.2) is 0 Å². The molecule has 0 saturated carbocycles. The Morgan fingerprint density at radius 2 is 0.833 bits per heavy atom. The van der Waals surface area contributed by atoms with Crippen molar-refractivity contribution in [3.63, 3.8) is 0 Å². The van der Waals surface area contributed by atoms with Crippen LogP contribution in [0, 0.1) is 0 Å². The van der Waals surface area contributed by atoms with E-state index in [-0.39, 0.29) is 5.41 Å². The van der Waals surface area contributed by atoms with E-state index in [0.717, 1.165) is 34.1 Å². The van der Waals surface area contributed by atoms with Gasteiger partial charge >= 0.3 is 0 Å². The Morgan fingerprint density at radius 1 is 0.333 bits per heavy atom. The second-order valence-electron chi connectivity index (χ2n) is 16.5. The summed E-state index contributed by atoms with van der Waals surface area (Å²) in [7, 11) is 0. The predicted molar refractivity (Wildman–Crippen MR) is 248 cm³/mol. The van der Waals surface area contributed by atoms with E-state index in [9.17, 15) is 0 Å². The molecule has 9 aromatic carbocycles. The van der Waals surface area contributed by atoms with Crippen LogP contribution in [0.1, 0.15) is 47.2 Å². The maximum Gasteiger partial charge on any atom is 0.131 e. The zero-order valence-corrected chi connectivity index (χ0v) is 33.7. The average Bonchev–Trinajstić information content (AvgIpc) is 3.61. The second-order valence-corrected chi connectivity index (χ2v) is 16.5. The zero-order valence-electron chi connectivity index (χ0n) is 33.7. The number of para-hydroxylation sites is 1. The highest BCUT2D eigenvalue weighted by atomic mass is 16.5. The first-order valence-corrected chi connectivity index (χ1v) is 20.8. The molecule has 1 heterocycles. The first-order chi connectivity index (χ1) is 29.5. The lowest BCUT2D eigenvalue weighted by Gasteiger charge is -2.35. The van der Waals surface area contributed by atoms with Crippen molar-refractivity contribution in [1.82, 2.24) is 0 Å². The predicted octanol–water partition coefficient (Wildman–Crippen LogP) is 15.3. The molecule has 2 heteroatoms. The van der Waals surface area contributed by atoms with E-state index < -0.39 is 5.41 Å². The molecule has 0 saturated heterocycles. The topological polar surface area (TPSA) is 12.5 Å². The molecule has 2 aliphatic rings. The third-order valence-corrected chi connectivity index (χ3v) is 12.8. The summed E-state index contributed by atoms with van der Waals surface area (Å²) < 4.78 is 6.41. The molecule has 0 fully saturated rings. The van der Waals surface area contributed by atoms with Crippen LogP contribution in [0.5, 0.6) is 11.5 Å². The van der Waals surface area contributed by atoms with Crippen LogP contribution in [-0.2, 0) is 10.8 Å². The molecule has 0 N–H and O–H groups in total. The smallest absolute Gasteiger partial charge is 0.131 e. The molecule has 0 radical (unpaired) electrons. The van der Waals surface area contributed by atoms with Gasteiger partial charge in [0.25, 0.3) is 0 Å². The molecule has 0 atom stereocenters. The van der Waals surface area contributed by atoms with Crippen molar-refractivity contribution in [2.75, 3.05) is 4.90 Å². The van der Waals surface area contributed by atoms with E-state index >= 15 is 0 Å². The molecular weight excluding hydrogens is 727 g/mol. The molecule has 1 aliphatic carbocycles. The normalized spacial score (nSPS) is 13.9. The fraction of sp³-hybridized carbons (Fsp3) is 0.0690. The number of rotatable bonds is 7. The van der Waals surface area contributed by atoms with Crippen molar-refractivity contribution in [3.8, 4) is 44.9 Å². The minimum absolute atomic E-state index is 0.191. The summed E-state index contributed by atoms with van der Waals surface area (Å²) in [5.74, 6) is 1.85. The number of hydrogen-bond donors (Lipinski definition) is 0. The van der Waals surface area contributed by atoms with Gasteiger partial charge in [-0.3, -0.25) is 0 Å². The average molecular weight is 770 g/mol. The fourth-order valence-corrected chi connectivity index (χ4v) is 9.92. The molecular formula is C58H43NO. The maximum absolute atomic E-state index is 6.41. The Labute approximate surface area is 352 Å². The first-order valence-electron chi connectivity index (χ1n) is 20.8. The van der Waals surface area contributed by atoms with Gasteiger partial charge in [-0.25, -0.2) is 0 Å². The van der Waals surface area contributed by atoms with Gasteiger partial charge in [-0.15, -0.1) is 0 Å². The van der Waals surface area contributed by atoms with Crippen molar-refractivity contribution >= 4 is 17.1 Å². The van der Waals surface area contributed by atoms with Gasteiger partial charge in [-0.1, -0.05) is 184 Å². The van der Waals surface area contributed by atoms with E-state index in [1.165, 1.54) is 61.2 Å². The van der Waals surface area contributed by atoms with Crippen LogP contribution >= 0.6 is 0 Å². The van der Waals surface area contributed by atoms with Crippen LogP contribution in [0.2, 0.25) is 0 Å². The molecule has 0 unspecified atom stereocenters. The first kappa shape index (κ1) is 35.7. The third-order valence-electron chi connectivity index (χ3n) is 12.8. The Morgan fingerprint density at radius 3 is 1.55 bits per heavy atom. The number of hydrogen-bond acceptors (Lipinski definition) is 2. The summed E-state index contributed by atoms with van der Waals surface area (Å²) in [5.41, 5.74) is 17.3. The van der Waals surface area contributed by atoms with Crippen molar-refractivity contribution in [1.29, 1.82) is 0 Å².